The van der Waals surface area contributed by atoms with Gasteiger partial charge in [-0.25, -0.2) is 13.8 Å². The fraction of sp³-hybridized carbons (Fsp3) is 0.0714. The number of hydrogen-bond acceptors (Lipinski definition) is 7. The van der Waals surface area contributed by atoms with Crippen molar-refractivity contribution in [3.8, 4) is 5.75 Å². The average Bonchev–Trinajstić information content (AvgIpc) is 2.96. The lowest BCUT2D eigenvalue weighted by molar-refractivity contribution is -0.384. The molecule has 0 aliphatic heterocycles. The van der Waals surface area contributed by atoms with E-state index in [9.17, 15) is 23.3 Å². The maximum atomic E-state index is 13.9. The van der Waals surface area contributed by atoms with E-state index in [4.69, 9.17) is 4.74 Å². The van der Waals surface area contributed by atoms with Crippen molar-refractivity contribution in [2.24, 2.45) is 5.10 Å². The van der Waals surface area contributed by atoms with Crippen molar-refractivity contribution in [3.63, 3.8) is 0 Å². The zero-order valence-electron chi connectivity index (χ0n) is 20.8. The molecule has 1 N–H and O–H groups in total. The number of carbonyl (C=O) groups excluding carboxylic acids is 1. The molecule has 0 bridgehead atoms. The van der Waals surface area contributed by atoms with Crippen LogP contribution in [0.2, 0.25) is 0 Å². The second kappa shape index (κ2) is 12.0. The number of hydrogen-bond donors (Lipinski definition) is 1. The number of ether oxygens (including phenoxy) is 1. The molecule has 0 fully saturated rings. The van der Waals surface area contributed by atoms with Crippen LogP contribution >= 0.6 is 0 Å². The molecule has 4 aromatic rings. The number of benzene rings is 4. The van der Waals surface area contributed by atoms with Gasteiger partial charge in [0.05, 0.1) is 40.9 Å². The van der Waals surface area contributed by atoms with Gasteiger partial charge in [-0.1, -0.05) is 42.5 Å². The number of sulfonamides is 1. The summed E-state index contributed by atoms with van der Waals surface area (Å²) < 4.78 is 34.1. The normalized spacial score (nSPS) is 11.2. The summed E-state index contributed by atoms with van der Waals surface area (Å²) in [5, 5.41) is 14.8. The van der Waals surface area contributed by atoms with E-state index in [1.54, 1.807) is 54.6 Å². The SMILES string of the molecule is COc1ccc(S(=O)(=O)N(Cc2ccccc2)c2ccccc2C(=O)N/N=C\c2ccc([N+](=O)[O-])cc2)cc1. The van der Waals surface area contributed by atoms with Gasteiger partial charge in [-0.3, -0.25) is 19.2 Å². The van der Waals surface area contributed by atoms with Crippen molar-refractivity contribution in [2.75, 3.05) is 11.4 Å². The second-order valence-electron chi connectivity index (χ2n) is 8.24. The van der Waals surface area contributed by atoms with Crippen LogP contribution in [0.3, 0.4) is 0 Å². The van der Waals surface area contributed by atoms with Crippen LogP contribution in [-0.4, -0.2) is 32.6 Å². The molecule has 39 heavy (non-hydrogen) atoms. The Morgan fingerprint density at radius 3 is 2.23 bits per heavy atom. The third-order valence-corrected chi connectivity index (χ3v) is 7.49. The van der Waals surface area contributed by atoms with Crippen LogP contribution in [-0.2, 0) is 16.6 Å². The predicted octanol–water partition coefficient (Wildman–Crippen LogP) is 4.76. The number of non-ortho nitro benzene ring substituents is 1. The van der Waals surface area contributed by atoms with Crippen LogP contribution in [0.4, 0.5) is 11.4 Å². The lowest BCUT2D eigenvalue weighted by Crippen LogP contribution is -2.33. The number of nitrogens with zero attached hydrogens (tertiary/aromatic N) is 3. The van der Waals surface area contributed by atoms with Crippen molar-refractivity contribution in [3.05, 3.63) is 130 Å². The van der Waals surface area contributed by atoms with Crippen molar-refractivity contribution >= 4 is 33.5 Å². The zero-order chi connectivity index (χ0) is 27.8. The Bertz CT molecular complexity index is 1590. The van der Waals surface area contributed by atoms with Gasteiger partial charge in [-0.05, 0) is 59.7 Å². The molecule has 0 radical (unpaired) electrons. The number of hydrazone groups is 1. The highest BCUT2D eigenvalue weighted by Crippen LogP contribution is 2.30. The number of anilines is 1. The number of methoxy groups -OCH3 is 1. The third kappa shape index (κ3) is 6.46. The molecule has 0 saturated carbocycles. The zero-order valence-corrected chi connectivity index (χ0v) is 21.6. The molecule has 0 saturated heterocycles. The van der Waals surface area contributed by atoms with Gasteiger partial charge in [0.25, 0.3) is 21.6 Å². The molecule has 0 aliphatic carbocycles. The topological polar surface area (TPSA) is 131 Å². The fourth-order valence-corrected chi connectivity index (χ4v) is 5.19. The number of nitro groups is 1. The summed E-state index contributed by atoms with van der Waals surface area (Å²) in [5.74, 6) is -0.124. The van der Waals surface area contributed by atoms with Gasteiger partial charge in [0.15, 0.2) is 0 Å². The summed E-state index contributed by atoms with van der Waals surface area (Å²) in [6.45, 7) is -0.0223. The van der Waals surface area contributed by atoms with E-state index in [2.05, 4.69) is 10.5 Å². The maximum absolute atomic E-state index is 13.9. The van der Waals surface area contributed by atoms with Crippen LogP contribution in [0, 0.1) is 10.1 Å². The summed E-state index contributed by atoms with van der Waals surface area (Å²) in [5.41, 5.74) is 3.85. The standard InChI is InChI=1S/C28H24N4O6S/c1-38-24-15-17-25(18-16-24)39(36,37)31(20-22-7-3-2-4-8-22)27-10-6-5-9-26(27)28(33)30-29-19-21-11-13-23(14-12-21)32(34)35/h2-19H,20H2,1H3,(H,30,33)/b29-19-. The highest BCUT2D eigenvalue weighted by Gasteiger charge is 2.28. The molecule has 0 aliphatic rings. The number of rotatable bonds is 10. The van der Waals surface area contributed by atoms with Crippen molar-refractivity contribution in [1.82, 2.24) is 5.43 Å². The minimum Gasteiger partial charge on any atom is -0.497 e. The molecule has 0 unspecified atom stereocenters. The Balaban J connectivity index is 1.66. The first-order valence-electron chi connectivity index (χ1n) is 11.7. The number of amides is 1. The van der Waals surface area contributed by atoms with Gasteiger partial charge >= 0.3 is 0 Å². The Kier molecular flexibility index (Phi) is 8.32. The number of para-hydroxylation sites is 1. The van der Waals surface area contributed by atoms with E-state index < -0.39 is 20.9 Å². The maximum Gasteiger partial charge on any atom is 0.273 e. The fourth-order valence-electron chi connectivity index (χ4n) is 3.71. The van der Waals surface area contributed by atoms with Gasteiger partial charge in [-0.2, -0.15) is 5.10 Å². The van der Waals surface area contributed by atoms with E-state index >= 15 is 0 Å². The molecule has 0 spiro atoms. The molecule has 4 rings (SSSR count). The Hall–Kier alpha value is -5.03. The number of nitro benzene ring substituents is 1. The Morgan fingerprint density at radius 2 is 1.59 bits per heavy atom. The summed E-state index contributed by atoms with van der Waals surface area (Å²) in [6, 6.07) is 27.0. The van der Waals surface area contributed by atoms with Gasteiger partial charge in [0, 0.05) is 12.1 Å². The van der Waals surface area contributed by atoms with E-state index in [0.29, 0.717) is 11.3 Å². The smallest absolute Gasteiger partial charge is 0.273 e. The molecule has 10 nitrogen and oxygen atoms in total. The number of carbonyl (C=O) groups is 1. The first-order chi connectivity index (χ1) is 18.8. The summed E-state index contributed by atoms with van der Waals surface area (Å²) in [6.07, 6.45) is 1.33. The molecule has 0 aromatic heterocycles. The molecular formula is C28H24N4O6S. The predicted molar refractivity (Wildman–Crippen MR) is 147 cm³/mol. The highest BCUT2D eigenvalue weighted by atomic mass is 32.2. The summed E-state index contributed by atoms with van der Waals surface area (Å²) in [4.78, 5) is 23.5. The Morgan fingerprint density at radius 1 is 0.949 bits per heavy atom. The molecule has 198 valence electrons. The monoisotopic (exact) mass is 544 g/mol. The van der Waals surface area contributed by atoms with Crippen LogP contribution in [0.5, 0.6) is 5.75 Å². The third-order valence-electron chi connectivity index (χ3n) is 5.72. The van der Waals surface area contributed by atoms with Gasteiger partial charge in [-0.15, -0.1) is 0 Å². The van der Waals surface area contributed by atoms with E-state index in [1.807, 2.05) is 6.07 Å². The Labute approximate surface area is 225 Å². The lowest BCUT2D eigenvalue weighted by atomic mass is 10.1. The molecule has 1 amide bonds. The summed E-state index contributed by atoms with van der Waals surface area (Å²) in [7, 11) is -2.61. The molecular weight excluding hydrogens is 520 g/mol. The van der Waals surface area contributed by atoms with Crippen LogP contribution in [0.15, 0.2) is 113 Å². The first-order valence-corrected chi connectivity index (χ1v) is 13.1. The van der Waals surface area contributed by atoms with E-state index in [-0.39, 0.29) is 28.4 Å². The first kappa shape index (κ1) is 27.0. The van der Waals surface area contributed by atoms with Crippen molar-refractivity contribution in [2.45, 2.75) is 11.4 Å². The van der Waals surface area contributed by atoms with Gasteiger partial charge in [0.2, 0.25) is 0 Å². The van der Waals surface area contributed by atoms with Crippen LogP contribution in [0.25, 0.3) is 0 Å². The quantitative estimate of drug-likeness (QED) is 0.174. The largest absolute Gasteiger partial charge is 0.497 e. The summed E-state index contributed by atoms with van der Waals surface area (Å²) >= 11 is 0. The van der Waals surface area contributed by atoms with Crippen LogP contribution in [0.1, 0.15) is 21.5 Å². The minimum atomic E-state index is -4.10. The lowest BCUT2D eigenvalue weighted by Gasteiger charge is -2.26. The van der Waals surface area contributed by atoms with Gasteiger partial charge < -0.3 is 4.74 Å². The van der Waals surface area contributed by atoms with Crippen LogP contribution < -0.4 is 14.5 Å². The van der Waals surface area contributed by atoms with Crippen molar-refractivity contribution < 1.29 is 22.9 Å². The van der Waals surface area contributed by atoms with Gasteiger partial charge in [0.1, 0.15) is 5.75 Å². The van der Waals surface area contributed by atoms with E-state index in [0.717, 1.165) is 5.56 Å². The van der Waals surface area contributed by atoms with E-state index in [1.165, 1.54) is 60.1 Å². The second-order valence-corrected chi connectivity index (χ2v) is 10.1. The molecule has 0 atom stereocenters. The number of nitrogens with one attached hydrogen (secondary N) is 1. The average molecular weight is 545 g/mol. The van der Waals surface area contributed by atoms with Crippen molar-refractivity contribution in [1.29, 1.82) is 0 Å². The minimum absolute atomic E-state index is 0.0223. The molecule has 4 aromatic carbocycles. The highest BCUT2D eigenvalue weighted by molar-refractivity contribution is 7.92. The molecule has 0 heterocycles. The molecule has 11 heteroatoms.